The van der Waals surface area contributed by atoms with Crippen LogP contribution in [0.15, 0.2) is 23.8 Å². The standard InChI is InChI=1S/C15H20.Zr/c1-10(2)13-8-12-6-5-7-14(11(3)4)15(12)9-13;/h5-7,9-11H,8H2,1-4H3;. The zero-order valence-electron chi connectivity index (χ0n) is 10.7. The molecule has 0 atom stereocenters. The zero-order chi connectivity index (χ0) is 11.0. The Bertz CT molecular complexity index is 400. The fourth-order valence-electron chi connectivity index (χ4n) is 2.29. The Morgan fingerprint density at radius 3 is 2.25 bits per heavy atom. The minimum Gasteiger partial charge on any atom is -0.0626 e. The average Bonchev–Trinajstić information content (AvgIpc) is 2.60. The molecule has 0 spiro atoms. The topological polar surface area (TPSA) is 0 Å². The Labute approximate surface area is 118 Å². The van der Waals surface area contributed by atoms with Gasteiger partial charge in [-0.3, -0.25) is 0 Å². The molecule has 0 nitrogen and oxygen atoms in total. The molecule has 1 aliphatic rings. The van der Waals surface area contributed by atoms with E-state index in [0.29, 0.717) is 11.8 Å². The molecule has 16 heavy (non-hydrogen) atoms. The first-order valence-electron chi connectivity index (χ1n) is 5.92. The number of allylic oxidation sites excluding steroid dienone is 1. The second kappa shape index (κ2) is 5.45. The maximum absolute atomic E-state index is 2.41. The molecule has 0 saturated carbocycles. The van der Waals surface area contributed by atoms with Gasteiger partial charge in [0.05, 0.1) is 0 Å². The first-order valence-corrected chi connectivity index (χ1v) is 5.92. The third-order valence-electron chi connectivity index (χ3n) is 3.32. The van der Waals surface area contributed by atoms with E-state index in [1.54, 1.807) is 5.57 Å². The van der Waals surface area contributed by atoms with Crippen LogP contribution in [0.4, 0.5) is 0 Å². The van der Waals surface area contributed by atoms with E-state index in [9.17, 15) is 0 Å². The summed E-state index contributed by atoms with van der Waals surface area (Å²) in [6, 6.07) is 6.74. The summed E-state index contributed by atoms with van der Waals surface area (Å²) < 4.78 is 0. The van der Waals surface area contributed by atoms with E-state index in [2.05, 4.69) is 52.0 Å². The van der Waals surface area contributed by atoms with Crippen LogP contribution < -0.4 is 0 Å². The fourth-order valence-corrected chi connectivity index (χ4v) is 2.29. The van der Waals surface area contributed by atoms with Gasteiger partial charge in [0.1, 0.15) is 0 Å². The molecule has 0 N–H and O–H groups in total. The summed E-state index contributed by atoms with van der Waals surface area (Å²) in [7, 11) is 0. The molecule has 84 valence electrons. The van der Waals surface area contributed by atoms with Crippen molar-refractivity contribution in [1.82, 2.24) is 0 Å². The first-order chi connectivity index (χ1) is 7.09. The second-order valence-corrected chi connectivity index (χ2v) is 5.13. The van der Waals surface area contributed by atoms with Gasteiger partial charge in [-0.15, -0.1) is 0 Å². The van der Waals surface area contributed by atoms with Crippen LogP contribution in [0.1, 0.15) is 50.3 Å². The van der Waals surface area contributed by atoms with Crippen LogP contribution >= 0.6 is 0 Å². The quantitative estimate of drug-likeness (QED) is 0.757. The summed E-state index contributed by atoms with van der Waals surface area (Å²) in [6.07, 6.45) is 3.57. The van der Waals surface area contributed by atoms with Gasteiger partial charge in [0, 0.05) is 26.2 Å². The molecule has 0 fully saturated rings. The Hall–Kier alpha value is -0.157. The Morgan fingerprint density at radius 1 is 1.00 bits per heavy atom. The largest absolute Gasteiger partial charge is 0.0626 e. The van der Waals surface area contributed by atoms with Crippen molar-refractivity contribution in [1.29, 1.82) is 0 Å². The van der Waals surface area contributed by atoms with Crippen LogP contribution in [0.5, 0.6) is 0 Å². The van der Waals surface area contributed by atoms with E-state index in [-0.39, 0.29) is 26.2 Å². The van der Waals surface area contributed by atoms with Gasteiger partial charge in [0.15, 0.2) is 0 Å². The van der Waals surface area contributed by atoms with Crippen LogP contribution in [0.2, 0.25) is 0 Å². The summed E-state index contributed by atoms with van der Waals surface area (Å²) in [6.45, 7) is 9.12. The van der Waals surface area contributed by atoms with Gasteiger partial charge in [-0.1, -0.05) is 57.5 Å². The molecule has 0 saturated heterocycles. The van der Waals surface area contributed by atoms with Crippen LogP contribution in [0.25, 0.3) is 6.08 Å². The SMILES string of the molecule is CC(C)C1=Cc2c(cccc2C(C)C)C1.[Zr]. The van der Waals surface area contributed by atoms with Gasteiger partial charge in [0.25, 0.3) is 0 Å². The summed E-state index contributed by atoms with van der Waals surface area (Å²) in [5.41, 5.74) is 6.10. The van der Waals surface area contributed by atoms with E-state index >= 15 is 0 Å². The van der Waals surface area contributed by atoms with E-state index in [4.69, 9.17) is 0 Å². The van der Waals surface area contributed by atoms with E-state index in [0.717, 1.165) is 6.42 Å². The summed E-state index contributed by atoms with van der Waals surface area (Å²) >= 11 is 0. The molecule has 0 heterocycles. The van der Waals surface area contributed by atoms with Crippen molar-refractivity contribution in [2.75, 3.05) is 0 Å². The molecular weight excluding hydrogens is 271 g/mol. The molecule has 0 bridgehead atoms. The molecule has 0 aliphatic heterocycles. The van der Waals surface area contributed by atoms with Gasteiger partial charge in [0.2, 0.25) is 0 Å². The molecule has 0 unspecified atom stereocenters. The smallest absolute Gasteiger partial charge is 0 e. The zero-order valence-corrected chi connectivity index (χ0v) is 13.1. The number of rotatable bonds is 2. The third-order valence-corrected chi connectivity index (χ3v) is 3.32. The van der Waals surface area contributed by atoms with Crippen molar-refractivity contribution in [3.8, 4) is 0 Å². The Balaban J connectivity index is 0.00000128. The van der Waals surface area contributed by atoms with E-state index < -0.39 is 0 Å². The number of hydrogen-bond acceptors (Lipinski definition) is 0. The van der Waals surface area contributed by atoms with Gasteiger partial charge >= 0.3 is 0 Å². The van der Waals surface area contributed by atoms with Gasteiger partial charge < -0.3 is 0 Å². The average molecular weight is 292 g/mol. The van der Waals surface area contributed by atoms with Crippen molar-refractivity contribution in [2.24, 2.45) is 5.92 Å². The van der Waals surface area contributed by atoms with E-state index in [1.807, 2.05) is 0 Å². The molecule has 1 heteroatoms. The third kappa shape index (κ3) is 2.56. The summed E-state index contributed by atoms with van der Waals surface area (Å²) in [5.74, 6) is 1.31. The number of benzene rings is 1. The molecule has 0 radical (unpaired) electrons. The van der Waals surface area contributed by atoms with Crippen LogP contribution in [0.3, 0.4) is 0 Å². The molecule has 1 aromatic rings. The van der Waals surface area contributed by atoms with Crippen LogP contribution in [0, 0.1) is 5.92 Å². The van der Waals surface area contributed by atoms with E-state index in [1.165, 1.54) is 16.7 Å². The molecule has 0 aromatic heterocycles. The Kier molecular flexibility index (Phi) is 4.74. The first kappa shape index (κ1) is 13.9. The molecule has 0 amide bonds. The van der Waals surface area contributed by atoms with Crippen molar-refractivity contribution < 1.29 is 26.2 Å². The maximum Gasteiger partial charge on any atom is 0 e. The number of fused-ring (bicyclic) bond motifs is 1. The monoisotopic (exact) mass is 290 g/mol. The molecule has 1 aliphatic carbocycles. The summed E-state index contributed by atoms with van der Waals surface area (Å²) in [4.78, 5) is 0. The minimum atomic E-state index is 0. The summed E-state index contributed by atoms with van der Waals surface area (Å²) in [5, 5.41) is 0. The number of hydrogen-bond donors (Lipinski definition) is 0. The normalized spacial score (nSPS) is 13.8. The van der Waals surface area contributed by atoms with Gasteiger partial charge in [-0.25, -0.2) is 0 Å². The molecule has 1 aromatic carbocycles. The predicted molar refractivity (Wildman–Crippen MR) is 67.1 cm³/mol. The molecular formula is C15H20Zr. The van der Waals surface area contributed by atoms with Gasteiger partial charge in [-0.2, -0.15) is 0 Å². The second-order valence-electron chi connectivity index (χ2n) is 5.13. The van der Waals surface area contributed by atoms with Crippen LogP contribution in [-0.4, -0.2) is 0 Å². The fraction of sp³-hybridized carbons (Fsp3) is 0.467. The van der Waals surface area contributed by atoms with Crippen molar-refractivity contribution in [3.05, 3.63) is 40.5 Å². The maximum atomic E-state index is 2.41. The van der Waals surface area contributed by atoms with Crippen molar-refractivity contribution in [2.45, 2.75) is 40.0 Å². The minimum absolute atomic E-state index is 0. The van der Waals surface area contributed by atoms with Crippen LogP contribution in [-0.2, 0) is 32.6 Å². The predicted octanol–water partition coefficient (Wildman–Crippen LogP) is 4.40. The molecule has 2 rings (SSSR count). The van der Waals surface area contributed by atoms with Crippen molar-refractivity contribution >= 4 is 6.08 Å². The Morgan fingerprint density at radius 2 is 1.69 bits per heavy atom. The van der Waals surface area contributed by atoms with Gasteiger partial charge in [-0.05, 0) is 34.9 Å². The van der Waals surface area contributed by atoms with Crippen molar-refractivity contribution in [3.63, 3.8) is 0 Å².